The molecule has 1 rings (SSSR count). The number of carbonyl (C=O) groups excluding carboxylic acids is 1. The van der Waals surface area contributed by atoms with E-state index in [2.05, 4.69) is 31.9 Å². The van der Waals surface area contributed by atoms with E-state index in [1.807, 2.05) is 25.1 Å². The molecule has 1 aromatic carbocycles. The summed E-state index contributed by atoms with van der Waals surface area (Å²) < 4.78 is 5.54. The lowest BCUT2D eigenvalue weighted by atomic mass is 10.0. The van der Waals surface area contributed by atoms with Crippen molar-refractivity contribution in [2.75, 3.05) is 6.61 Å². The molecule has 1 aromatic rings. The van der Waals surface area contributed by atoms with Gasteiger partial charge in [0.15, 0.2) is 0 Å². The van der Waals surface area contributed by atoms with E-state index in [1.165, 1.54) is 0 Å². The first-order chi connectivity index (χ1) is 7.61. The lowest BCUT2D eigenvalue weighted by Crippen LogP contribution is -2.06. The van der Waals surface area contributed by atoms with Crippen LogP contribution in [0.15, 0.2) is 18.2 Å². The van der Waals surface area contributed by atoms with Crippen molar-refractivity contribution in [3.8, 4) is 5.75 Å². The van der Waals surface area contributed by atoms with E-state index < -0.39 is 0 Å². The van der Waals surface area contributed by atoms with Gasteiger partial charge in [-0.1, -0.05) is 44.0 Å². The fraction of sp³-hybridized carbons (Fsp3) is 0.417. The normalized spacial score (nSPS) is 12.2. The van der Waals surface area contributed by atoms with Crippen LogP contribution in [0.5, 0.6) is 5.75 Å². The lowest BCUT2D eigenvalue weighted by molar-refractivity contribution is -0.116. The molecule has 0 heterocycles. The third-order valence-electron chi connectivity index (χ3n) is 2.23. The van der Waals surface area contributed by atoms with Crippen LogP contribution in [0.1, 0.15) is 29.8 Å². The highest BCUT2D eigenvalue weighted by Crippen LogP contribution is 2.33. The molecule has 0 aliphatic heterocycles. The fourth-order valence-corrected chi connectivity index (χ4v) is 2.50. The maximum atomic E-state index is 11.4. The van der Waals surface area contributed by atoms with Crippen molar-refractivity contribution >= 4 is 37.6 Å². The Hall–Kier alpha value is -0.350. The Morgan fingerprint density at radius 1 is 1.50 bits per heavy atom. The molecule has 1 unspecified atom stereocenters. The van der Waals surface area contributed by atoms with Crippen molar-refractivity contribution in [2.24, 2.45) is 0 Å². The summed E-state index contributed by atoms with van der Waals surface area (Å²) in [4.78, 5) is 11.1. The second kappa shape index (κ2) is 6.40. The molecule has 0 aliphatic carbocycles. The highest BCUT2D eigenvalue weighted by atomic mass is 79.9. The van der Waals surface area contributed by atoms with E-state index >= 15 is 0 Å². The summed E-state index contributed by atoms with van der Waals surface area (Å²) in [6, 6.07) is 5.77. The minimum Gasteiger partial charge on any atom is -0.494 e. The molecular formula is C12H14Br2O2. The third-order valence-corrected chi connectivity index (χ3v) is 3.93. The molecule has 88 valence electrons. The molecule has 0 saturated heterocycles. The zero-order valence-corrected chi connectivity index (χ0v) is 12.5. The van der Waals surface area contributed by atoms with E-state index in [9.17, 15) is 4.79 Å². The van der Waals surface area contributed by atoms with Gasteiger partial charge in [-0.15, -0.1) is 0 Å². The van der Waals surface area contributed by atoms with Crippen molar-refractivity contribution < 1.29 is 9.53 Å². The van der Waals surface area contributed by atoms with Gasteiger partial charge >= 0.3 is 0 Å². The van der Waals surface area contributed by atoms with Crippen LogP contribution in [0.2, 0.25) is 0 Å². The first-order valence-electron chi connectivity index (χ1n) is 5.06. The fourth-order valence-electron chi connectivity index (χ4n) is 1.47. The minimum absolute atomic E-state index is 0.0934. The lowest BCUT2D eigenvalue weighted by Gasteiger charge is -2.15. The van der Waals surface area contributed by atoms with Crippen LogP contribution in [-0.2, 0) is 10.1 Å². The quantitative estimate of drug-likeness (QED) is 0.751. The van der Waals surface area contributed by atoms with Gasteiger partial charge in [0.2, 0.25) is 0 Å². The minimum atomic E-state index is -0.263. The Labute approximate surface area is 113 Å². The van der Waals surface area contributed by atoms with Crippen LogP contribution in [0.4, 0.5) is 0 Å². The molecule has 0 saturated carbocycles. The van der Waals surface area contributed by atoms with Crippen molar-refractivity contribution in [2.45, 2.75) is 24.0 Å². The standard InChI is InChI=1S/C12H14Br2O2/c1-3-16-11-6-4-5-9(10(11)7-13)12(14)8(2)15/h4-6,12H,3,7H2,1-2H3. The van der Waals surface area contributed by atoms with Crippen molar-refractivity contribution in [1.29, 1.82) is 0 Å². The molecule has 0 spiro atoms. The van der Waals surface area contributed by atoms with Gasteiger partial charge in [-0.3, -0.25) is 4.79 Å². The van der Waals surface area contributed by atoms with Gasteiger partial charge in [0.1, 0.15) is 11.5 Å². The average Bonchev–Trinajstić information content (AvgIpc) is 2.28. The summed E-state index contributed by atoms with van der Waals surface area (Å²) in [6.45, 7) is 4.14. The number of carbonyl (C=O) groups is 1. The molecule has 0 fully saturated rings. The van der Waals surface area contributed by atoms with Gasteiger partial charge in [-0.05, 0) is 25.5 Å². The first-order valence-corrected chi connectivity index (χ1v) is 7.10. The topological polar surface area (TPSA) is 26.3 Å². The number of hydrogen-bond donors (Lipinski definition) is 0. The van der Waals surface area contributed by atoms with Gasteiger partial charge in [0.05, 0.1) is 11.4 Å². The largest absolute Gasteiger partial charge is 0.494 e. The van der Waals surface area contributed by atoms with Gasteiger partial charge in [0.25, 0.3) is 0 Å². The summed E-state index contributed by atoms with van der Waals surface area (Å²) in [6.07, 6.45) is 0. The Morgan fingerprint density at radius 3 is 2.69 bits per heavy atom. The second-order valence-corrected chi connectivity index (χ2v) is 4.84. The van der Waals surface area contributed by atoms with E-state index in [1.54, 1.807) is 6.92 Å². The monoisotopic (exact) mass is 348 g/mol. The number of rotatable bonds is 5. The zero-order valence-electron chi connectivity index (χ0n) is 9.30. The third kappa shape index (κ3) is 3.08. The molecular weight excluding hydrogens is 336 g/mol. The van der Waals surface area contributed by atoms with Crippen LogP contribution in [0.25, 0.3) is 0 Å². The molecule has 0 aromatic heterocycles. The first kappa shape index (κ1) is 13.7. The molecule has 0 amide bonds. The van der Waals surface area contributed by atoms with Crippen molar-refractivity contribution in [3.05, 3.63) is 29.3 Å². The summed E-state index contributed by atoms with van der Waals surface area (Å²) in [5.41, 5.74) is 2.00. The molecule has 16 heavy (non-hydrogen) atoms. The maximum absolute atomic E-state index is 11.4. The summed E-state index contributed by atoms with van der Waals surface area (Å²) in [7, 11) is 0. The smallest absolute Gasteiger partial charge is 0.147 e. The number of Topliss-reactive ketones (excluding diaryl/α,β-unsaturated/α-hetero) is 1. The Balaban J connectivity index is 3.17. The Bertz CT molecular complexity index is 377. The van der Waals surface area contributed by atoms with Crippen LogP contribution in [0, 0.1) is 0 Å². The van der Waals surface area contributed by atoms with E-state index in [0.717, 1.165) is 16.9 Å². The summed E-state index contributed by atoms with van der Waals surface area (Å²) in [5, 5.41) is 0.674. The van der Waals surface area contributed by atoms with Crippen LogP contribution >= 0.6 is 31.9 Å². The number of hydrogen-bond acceptors (Lipinski definition) is 2. The van der Waals surface area contributed by atoms with Gasteiger partial charge < -0.3 is 4.74 Å². The highest BCUT2D eigenvalue weighted by molar-refractivity contribution is 9.09. The highest BCUT2D eigenvalue weighted by Gasteiger charge is 2.18. The van der Waals surface area contributed by atoms with Gasteiger partial charge in [-0.25, -0.2) is 0 Å². The van der Waals surface area contributed by atoms with E-state index in [-0.39, 0.29) is 10.6 Å². The maximum Gasteiger partial charge on any atom is 0.147 e. The number of halogens is 2. The summed E-state index contributed by atoms with van der Waals surface area (Å²) in [5.74, 6) is 0.929. The van der Waals surface area contributed by atoms with Gasteiger partial charge in [-0.2, -0.15) is 0 Å². The second-order valence-electron chi connectivity index (χ2n) is 3.36. The SMILES string of the molecule is CCOc1cccc(C(Br)C(C)=O)c1CBr. The molecule has 0 bridgehead atoms. The number of ether oxygens (including phenoxy) is 1. The predicted octanol–water partition coefficient (Wildman–Crippen LogP) is 4.01. The molecule has 4 heteroatoms. The van der Waals surface area contributed by atoms with Crippen LogP contribution in [0.3, 0.4) is 0 Å². The van der Waals surface area contributed by atoms with E-state index in [0.29, 0.717) is 11.9 Å². The summed E-state index contributed by atoms with van der Waals surface area (Å²) >= 11 is 6.84. The number of benzene rings is 1. The molecule has 1 atom stereocenters. The Morgan fingerprint density at radius 2 is 2.19 bits per heavy atom. The number of alkyl halides is 2. The molecule has 0 N–H and O–H groups in total. The Kier molecular flexibility index (Phi) is 5.49. The van der Waals surface area contributed by atoms with Gasteiger partial charge in [0, 0.05) is 10.9 Å². The van der Waals surface area contributed by atoms with Crippen molar-refractivity contribution in [3.63, 3.8) is 0 Å². The van der Waals surface area contributed by atoms with Crippen LogP contribution < -0.4 is 4.74 Å². The van der Waals surface area contributed by atoms with Crippen LogP contribution in [-0.4, -0.2) is 12.4 Å². The van der Waals surface area contributed by atoms with E-state index in [4.69, 9.17) is 4.74 Å². The number of ketones is 1. The average molecular weight is 350 g/mol. The predicted molar refractivity (Wildman–Crippen MR) is 72.6 cm³/mol. The van der Waals surface area contributed by atoms with Crippen molar-refractivity contribution in [1.82, 2.24) is 0 Å². The molecule has 2 nitrogen and oxygen atoms in total. The molecule has 0 radical (unpaired) electrons. The zero-order chi connectivity index (χ0) is 12.1. The molecule has 0 aliphatic rings.